The highest BCUT2D eigenvalue weighted by Gasteiger charge is 2.26. The lowest BCUT2D eigenvalue weighted by Gasteiger charge is -2.20. The molecule has 24 heavy (non-hydrogen) atoms. The molecule has 0 amide bonds. The van der Waals surface area contributed by atoms with Crippen LogP contribution in [-0.4, -0.2) is 18.4 Å². The van der Waals surface area contributed by atoms with E-state index in [1.165, 1.54) is 18.1 Å². The minimum Gasteiger partial charge on any atom is -0.465 e. The first-order valence-electron chi connectivity index (χ1n) is 8.40. The van der Waals surface area contributed by atoms with Crippen molar-refractivity contribution in [2.75, 3.05) is 6.61 Å². The molecule has 0 N–H and O–H groups in total. The number of hydrogen-bond donors (Lipinski definition) is 0. The van der Waals surface area contributed by atoms with Gasteiger partial charge in [-0.3, -0.25) is 9.59 Å². The third kappa shape index (κ3) is 4.79. The van der Waals surface area contributed by atoms with E-state index < -0.39 is 11.9 Å². The first-order chi connectivity index (χ1) is 11.6. The quantitative estimate of drug-likeness (QED) is 0.535. The van der Waals surface area contributed by atoms with E-state index in [9.17, 15) is 9.59 Å². The van der Waals surface area contributed by atoms with Crippen LogP contribution in [0.1, 0.15) is 43.7 Å². The maximum atomic E-state index is 12.0. The summed E-state index contributed by atoms with van der Waals surface area (Å²) in [6, 6.07) is 20.4. The zero-order valence-electron chi connectivity index (χ0n) is 14.3. The molecule has 0 aliphatic carbocycles. The van der Waals surface area contributed by atoms with Gasteiger partial charge in [0, 0.05) is 5.92 Å². The summed E-state index contributed by atoms with van der Waals surface area (Å²) in [6.07, 6.45) is 1.21. The van der Waals surface area contributed by atoms with Gasteiger partial charge in [-0.1, -0.05) is 60.7 Å². The first kappa shape index (κ1) is 17.9. The van der Waals surface area contributed by atoms with E-state index in [0.29, 0.717) is 13.0 Å². The van der Waals surface area contributed by atoms with Crippen LogP contribution in [0.2, 0.25) is 0 Å². The predicted molar refractivity (Wildman–Crippen MR) is 94.8 cm³/mol. The zero-order valence-corrected chi connectivity index (χ0v) is 14.3. The van der Waals surface area contributed by atoms with Gasteiger partial charge in [-0.05, 0) is 37.8 Å². The molecule has 0 spiro atoms. The molecule has 0 aromatic heterocycles. The predicted octanol–water partition coefficient (Wildman–Crippen LogP) is 4.37. The van der Waals surface area contributed by atoms with Gasteiger partial charge in [0.2, 0.25) is 0 Å². The lowest BCUT2D eigenvalue weighted by atomic mass is 9.84. The van der Waals surface area contributed by atoms with Crippen molar-refractivity contribution in [3.8, 4) is 0 Å². The summed E-state index contributed by atoms with van der Waals surface area (Å²) in [4.78, 5) is 23.9. The Morgan fingerprint density at radius 3 is 1.79 bits per heavy atom. The second kappa shape index (κ2) is 9.02. The Labute approximate surface area is 143 Å². The van der Waals surface area contributed by atoms with Gasteiger partial charge in [-0.15, -0.1) is 0 Å². The molecule has 3 heteroatoms. The standard InChI is InChI=1S/C21H24O3/c1-3-24-21(23)19(16(2)22)14-15-20(17-10-6-4-7-11-17)18-12-8-5-9-13-18/h4-13,19-20H,3,14-15H2,1-2H3. The van der Waals surface area contributed by atoms with Crippen LogP contribution in [0, 0.1) is 5.92 Å². The topological polar surface area (TPSA) is 43.4 Å². The maximum absolute atomic E-state index is 12.0. The van der Waals surface area contributed by atoms with Crippen LogP contribution >= 0.6 is 0 Å². The molecule has 0 saturated carbocycles. The number of Topliss-reactive ketones (excluding diaryl/α,β-unsaturated/α-hetero) is 1. The van der Waals surface area contributed by atoms with E-state index in [1.54, 1.807) is 6.92 Å². The van der Waals surface area contributed by atoms with Crippen LogP contribution < -0.4 is 0 Å². The third-order valence-corrected chi connectivity index (χ3v) is 4.21. The number of ether oxygens (including phenoxy) is 1. The summed E-state index contributed by atoms with van der Waals surface area (Å²) in [5.41, 5.74) is 2.38. The van der Waals surface area contributed by atoms with Crippen molar-refractivity contribution in [2.45, 2.75) is 32.6 Å². The first-order valence-corrected chi connectivity index (χ1v) is 8.40. The summed E-state index contributed by atoms with van der Waals surface area (Å²) in [7, 11) is 0. The second-order valence-electron chi connectivity index (χ2n) is 5.87. The number of ketones is 1. The van der Waals surface area contributed by atoms with Crippen molar-refractivity contribution in [1.82, 2.24) is 0 Å². The molecule has 2 aromatic carbocycles. The number of hydrogen-bond acceptors (Lipinski definition) is 3. The van der Waals surface area contributed by atoms with Crippen molar-refractivity contribution in [3.63, 3.8) is 0 Å². The fraction of sp³-hybridized carbons (Fsp3) is 0.333. The van der Waals surface area contributed by atoms with Crippen molar-refractivity contribution in [2.24, 2.45) is 5.92 Å². The average Bonchev–Trinajstić information content (AvgIpc) is 2.60. The van der Waals surface area contributed by atoms with Crippen LogP contribution in [0.3, 0.4) is 0 Å². The highest BCUT2D eigenvalue weighted by atomic mass is 16.5. The minimum absolute atomic E-state index is 0.131. The van der Waals surface area contributed by atoms with Crippen LogP contribution in [0.25, 0.3) is 0 Å². The van der Waals surface area contributed by atoms with E-state index >= 15 is 0 Å². The number of carbonyl (C=O) groups is 2. The number of benzene rings is 2. The van der Waals surface area contributed by atoms with Gasteiger partial charge >= 0.3 is 5.97 Å². The van der Waals surface area contributed by atoms with Gasteiger partial charge in [-0.2, -0.15) is 0 Å². The largest absolute Gasteiger partial charge is 0.465 e. The average molecular weight is 324 g/mol. The Kier molecular flexibility index (Phi) is 6.74. The van der Waals surface area contributed by atoms with Crippen molar-refractivity contribution in [1.29, 1.82) is 0 Å². The van der Waals surface area contributed by atoms with Gasteiger partial charge in [-0.25, -0.2) is 0 Å². The molecule has 2 rings (SSSR count). The zero-order chi connectivity index (χ0) is 17.4. The van der Waals surface area contributed by atoms with Gasteiger partial charge in [0.15, 0.2) is 0 Å². The fourth-order valence-electron chi connectivity index (χ4n) is 2.96. The Hall–Kier alpha value is -2.42. The van der Waals surface area contributed by atoms with Gasteiger partial charge in [0.25, 0.3) is 0 Å². The molecule has 0 aliphatic rings. The Morgan fingerprint density at radius 2 is 1.38 bits per heavy atom. The van der Waals surface area contributed by atoms with Gasteiger partial charge in [0.05, 0.1) is 6.61 Å². The Bertz CT molecular complexity index is 610. The van der Waals surface area contributed by atoms with E-state index in [-0.39, 0.29) is 11.7 Å². The highest BCUT2D eigenvalue weighted by molar-refractivity contribution is 5.97. The van der Waals surface area contributed by atoms with Crippen molar-refractivity contribution >= 4 is 11.8 Å². The summed E-state index contributed by atoms with van der Waals surface area (Å²) in [5, 5.41) is 0. The lowest BCUT2D eigenvalue weighted by molar-refractivity contribution is -0.151. The highest BCUT2D eigenvalue weighted by Crippen LogP contribution is 2.31. The summed E-state index contributed by atoms with van der Waals surface area (Å²) in [5.74, 6) is -1.07. The van der Waals surface area contributed by atoms with Crippen LogP contribution in [0.4, 0.5) is 0 Å². The number of carbonyl (C=O) groups excluding carboxylic acids is 2. The third-order valence-electron chi connectivity index (χ3n) is 4.21. The van der Waals surface area contributed by atoms with Gasteiger partial charge in [0.1, 0.15) is 11.7 Å². The molecule has 0 heterocycles. The Morgan fingerprint density at radius 1 is 0.875 bits per heavy atom. The molecule has 126 valence electrons. The Balaban J connectivity index is 2.19. The molecule has 1 atom stereocenters. The molecule has 0 bridgehead atoms. The van der Waals surface area contributed by atoms with E-state index in [2.05, 4.69) is 24.3 Å². The summed E-state index contributed by atoms with van der Waals surface area (Å²) < 4.78 is 5.05. The molecule has 0 fully saturated rings. The van der Waals surface area contributed by atoms with Gasteiger partial charge < -0.3 is 4.74 Å². The number of rotatable bonds is 8. The fourth-order valence-corrected chi connectivity index (χ4v) is 2.96. The van der Waals surface area contributed by atoms with E-state index in [0.717, 1.165) is 6.42 Å². The van der Waals surface area contributed by atoms with Crippen LogP contribution in [0.15, 0.2) is 60.7 Å². The van der Waals surface area contributed by atoms with Crippen molar-refractivity contribution in [3.05, 3.63) is 71.8 Å². The van der Waals surface area contributed by atoms with Crippen LogP contribution in [0.5, 0.6) is 0 Å². The second-order valence-corrected chi connectivity index (χ2v) is 5.87. The minimum atomic E-state index is -0.681. The van der Waals surface area contributed by atoms with E-state index in [1.807, 2.05) is 36.4 Å². The summed E-state index contributed by atoms with van der Waals surface area (Å²) >= 11 is 0. The monoisotopic (exact) mass is 324 g/mol. The maximum Gasteiger partial charge on any atom is 0.316 e. The summed E-state index contributed by atoms with van der Waals surface area (Å²) in [6.45, 7) is 3.51. The molecule has 0 saturated heterocycles. The van der Waals surface area contributed by atoms with E-state index in [4.69, 9.17) is 4.74 Å². The smallest absolute Gasteiger partial charge is 0.316 e. The molecular weight excluding hydrogens is 300 g/mol. The molecule has 0 radical (unpaired) electrons. The molecule has 0 aliphatic heterocycles. The number of esters is 1. The molecule has 2 aromatic rings. The normalized spacial score (nSPS) is 12.0. The lowest BCUT2D eigenvalue weighted by Crippen LogP contribution is -2.25. The molecule has 3 nitrogen and oxygen atoms in total. The molecular formula is C21H24O3. The molecule has 1 unspecified atom stereocenters. The van der Waals surface area contributed by atoms with Crippen LogP contribution in [-0.2, 0) is 14.3 Å². The SMILES string of the molecule is CCOC(=O)C(CCC(c1ccccc1)c1ccccc1)C(C)=O. The van der Waals surface area contributed by atoms with Crippen molar-refractivity contribution < 1.29 is 14.3 Å².